The molecule has 0 aliphatic rings. The van der Waals surface area contributed by atoms with Gasteiger partial charge in [-0.15, -0.1) is 0 Å². The van der Waals surface area contributed by atoms with Gasteiger partial charge >= 0.3 is 0 Å². The average molecular weight is 224 g/mol. The standard InChI is InChI=1S/C11H16N2OS/c1-8-7-9(12)3-4-10(8)13-11(14)5-6-15-2/h3-4,7H,5-6,12H2,1-2H3,(H,13,14). The highest BCUT2D eigenvalue weighted by atomic mass is 32.2. The summed E-state index contributed by atoms with van der Waals surface area (Å²) < 4.78 is 0. The van der Waals surface area contributed by atoms with Crippen LogP contribution < -0.4 is 11.1 Å². The summed E-state index contributed by atoms with van der Waals surface area (Å²) in [7, 11) is 0. The number of benzene rings is 1. The van der Waals surface area contributed by atoms with Gasteiger partial charge in [0.05, 0.1) is 0 Å². The number of nitrogen functional groups attached to an aromatic ring is 1. The van der Waals surface area contributed by atoms with Crippen molar-refractivity contribution in [2.75, 3.05) is 23.1 Å². The number of amides is 1. The van der Waals surface area contributed by atoms with Crippen molar-refractivity contribution in [2.24, 2.45) is 0 Å². The number of thioether (sulfide) groups is 1. The molecule has 1 aromatic rings. The van der Waals surface area contributed by atoms with Gasteiger partial charge in [0.25, 0.3) is 0 Å². The highest BCUT2D eigenvalue weighted by Gasteiger charge is 2.03. The lowest BCUT2D eigenvalue weighted by atomic mass is 10.2. The lowest BCUT2D eigenvalue weighted by Crippen LogP contribution is -2.13. The minimum absolute atomic E-state index is 0.0530. The number of hydrogen-bond acceptors (Lipinski definition) is 3. The first-order chi connectivity index (χ1) is 7.13. The zero-order chi connectivity index (χ0) is 11.3. The van der Waals surface area contributed by atoms with Gasteiger partial charge in [0.1, 0.15) is 0 Å². The third-order valence-corrected chi connectivity index (χ3v) is 2.67. The first kappa shape index (κ1) is 11.9. The fourth-order valence-corrected chi connectivity index (χ4v) is 1.62. The predicted octanol–water partition coefficient (Wildman–Crippen LogP) is 2.27. The van der Waals surface area contributed by atoms with Crippen molar-refractivity contribution in [1.29, 1.82) is 0 Å². The van der Waals surface area contributed by atoms with Crippen LogP contribution in [0.15, 0.2) is 18.2 Å². The van der Waals surface area contributed by atoms with Crippen LogP contribution in [0.2, 0.25) is 0 Å². The first-order valence-corrected chi connectivity index (χ1v) is 6.18. The number of hydrogen-bond donors (Lipinski definition) is 2. The lowest BCUT2D eigenvalue weighted by Gasteiger charge is -2.08. The number of anilines is 2. The van der Waals surface area contributed by atoms with Crippen molar-refractivity contribution in [3.63, 3.8) is 0 Å². The molecular weight excluding hydrogens is 208 g/mol. The smallest absolute Gasteiger partial charge is 0.225 e. The number of nitrogens with two attached hydrogens (primary N) is 1. The van der Waals surface area contributed by atoms with Crippen LogP contribution in [0.5, 0.6) is 0 Å². The van der Waals surface area contributed by atoms with Gasteiger partial charge in [0.15, 0.2) is 0 Å². The number of aryl methyl sites for hydroxylation is 1. The molecule has 0 unspecified atom stereocenters. The molecule has 0 radical (unpaired) electrons. The molecule has 3 N–H and O–H groups in total. The summed E-state index contributed by atoms with van der Waals surface area (Å²) >= 11 is 1.67. The fraction of sp³-hybridized carbons (Fsp3) is 0.364. The fourth-order valence-electron chi connectivity index (χ4n) is 1.23. The number of nitrogens with one attached hydrogen (secondary N) is 1. The van der Waals surface area contributed by atoms with Crippen molar-refractivity contribution < 1.29 is 4.79 Å². The Kier molecular flexibility index (Phi) is 4.49. The van der Waals surface area contributed by atoms with Crippen LogP contribution in [0.4, 0.5) is 11.4 Å². The van der Waals surface area contributed by atoms with Gasteiger partial charge in [-0.2, -0.15) is 11.8 Å². The molecule has 15 heavy (non-hydrogen) atoms. The molecular formula is C11H16N2OS. The van der Waals surface area contributed by atoms with Gasteiger partial charge in [0.2, 0.25) is 5.91 Å². The summed E-state index contributed by atoms with van der Waals surface area (Å²) in [6.07, 6.45) is 2.53. The zero-order valence-electron chi connectivity index (χ0n) is 9.04. The maximum absolute atomic E-state index is 11.5. The van der Waals surface area contributed by atoms with E-state index >= 15 is 0 Å². The molecule has 0 aromatic heterocycles. The van der Waals surface area contributed by atoms with Crippen molar-refractivity contribution in [3.8, 4) is 0 Å². The summed E-state index contributed by atoms with van der Waals surface area (Å²) in [5, 5.41) is 2.86. The molecule has 4 heteroatoms. The van der Waals surface area contributed by atoms with Gasteiger partial charge < -0.3 is 11.1 Å². The zero-order valence-corrected chi connectivity index (χ0v) is 9.86. The van der Waals surface area contributed by atoms with Crippen LogP contribution in [0, 0.1) is 6.92 Å². The van der Waals surface area contributed by atoms with E-state index in [0.717, 1.165) is 22.7 Å². The molecule has 0 aliphatic heterocycles. The summed E-state index contributed by atoms with van der Waals surface area (Å²) in [4.78, 5) is 11.5. The van der Waals surface area contributed by atoms with E-state index < -0.39 is 0 Å². The Balaban J connectivity index is 2.60. The maximum atomic E-state index is 11.5. The molecule has 0 saturated carbocycles. The van der Waals surface area contributed by atoms with Crippen molar-refractivity contribution >= 4 is 29.0 Å². The van der Waals surface area contributed by atoms with E-state index in [1.54, 1.807) is 17.8 Å². The van der Waals surface area contributed by atoms with Crippen LogP contribution in [-0.2, 0) is 4.79 Å². The molecule has 0 atom stereocenters. The Bertz CT molecular complexity index is 352. The van der Waals surface area contributed by atoms with Gasteiger partial charge in [-0.1, -0.05) is 0 Å². The van der Waals surface area contributed by atoms with Crippen molar-refractivity contribution in [3.05, 3.63) is 23.8 Å². The molecule has 1 amide bonds. The molecule has 0 fully saturated rings. The van der Waals surface area contributed by atoms with E-state index in [4.69, 9.17) is 5.73 Å². The second kappa shape index (κ2) is 5.66. The largest absolute Gasteiger partial charge is 0.399 e. The molecule has 0 bridgehead atoms. The molecule has 0 saturated heterocycles. The lowest BCUT2D eigenvalue weighted by molar-refractivity contribution is -0.115. The second-order valence-corrected chi connectivity index (χ2v) is 4.35. The van der Waals surface area contributed by atoms with Crippen LogP contribution in [-0.4, -0.2) is 17.9 Å². The molecule has 0 aliphatic carbocycles. The topological polar surface area (TPSA) is 55.1 Å². The first-order valence-electron chi connectivity index (χ1n) is 4.78. The average Bonchev–Trinajstić information content (AvgIpc) is 2.19. The highest BCUT2D eigenvalue weighted by Crippen LogP contribution is 2.17. The minimum Gasteiger partial charge on any atom is -0.399 e. The Morgan fingerprint density at radius 1 is 1.53 bits per heavy atom. The normalized spacial score (nSPS) is 10.0. The van der Waals surface area contributed by atoms with Crippen molar-refractivity contribution in [1.82, 2.24) is 0 Å². The quantitative estimate of drug-likeness (QED) is 0.771. The van der Waals surface area contributed by atoms with E-state index in [-0.39, 0.29) is 5.91 Å². The Morgan fingerprint density at radius 3 is 2.87 bits per heavy atom. The maximum Gasteiger partial charge on any atom is 0.225 e. The Morgan fingerprint density at radius 2 is 2.27 bits per heavy atom. The van der Waals surface area contributed by atoms with Gasteiger partial charge in [0, 0.05) is 23.5 Å². The third kappa shape index (κ3) is 3.83. The van der Waals surface area contributed by atoms with Gasteiger partial charge in [-0.3, -0.25) is 4.79 Å². The number of carbonyl (C=O) groups is 1. The van der Waals surface area contributed by atoms with E-state index in [1.165, 1.54) is 0 Å². The molecule has 1 aromatic carbocycles. The Hall–Kier alpha value is -1.16. The van der Waals surface area contributed by atoms with E-state index in [1.807, 2.05) is 25.3 Å². The van der Waals surface area contributed by atoms with Crippen LogP contribution in [0.3, 0.4) is 0 Å². The van der Waals surface area contributed by atoms with Crippen LogP contribution >= 0.6 is 11.8 Å². The molecule has 0 heterocycles. The van der Waals surface area contributed by atoms with Crippen molar-refractivity contribution in [2.45, 2.75) is 13.3 Å². The van der Waals surface area contributed by atoms with E-state index in [2.05, 4.69) is 5.32 Å². The predicted molar refractivity (Wildman–Crippen MR) is 67.2 cm³/mol. The van der Waals surface area contributed by atoms with Crippen LogP contribution in [0.25, 0.3) is 0 Å². The molecule has 1 rings (SSSR count). The number of carbonyl (C=O) groups excluding carboxylic acids is 1. The van der Waals surface area contributed by atoms with E-state index in [0.29, 0.717) is 6.42 Å². The minimum atomic E-state index is 0.0530. The summed E-state index contributed by atoms with van der Waals surface area (Å²) in [5.74, 6) is 0.900. The SMILES string of the molecule is CSCCC(=O)Nc1ccc(N)cc1C. The third-order valence-electron chi connectivity index (χ3n) is 2.06. The summed E-state index contributed by atoms with van der Waals surface area (Å²) in [6, 6.07) is 5.48. The van der Waals surface area contributed by atoms with Gasteiger partial charge in [-0.05, 0) is 36.9 Å². The molecule has 3 nitrogen and oxygen atoms in total. The highest BCUT2D eigenvalue weighted by molar-refractivity contribution is 7.98. The summed E-state index contributed by atoms with van der Waals surface area (Å²) in [6.45, 7) is 1.93. The van der Waals surface area contributed by atoms with Gasteiger partial charge in [-0.25, -0.2) is 0 Å². The van der Waals surface area contributed by atoms with E-state index in [9.17, 15) is 4.79 Å². The number of rotatable bonds is 4. The van der Waals surface area contributed by atoms with Crippen LogP contribution in [0.1, 0.15) is 12.0 Å². The molecule has 0 spiro atoms. The summed E-state index contributed by atoms with van der Waals surface area (Å²) in [5.41, 5.74) is 8.18. The monoisotopic (exact) mass is 224 g/mol. The second-order valence-electron chi connectivity index (χ2n) is 3.37. The molecule has 82 valence electrons. The Labute approximate surface area is 94.4 Å².